The maximum Gasteiger partial charge on any atom is 0.306 e. The monoisotopic (exact) mass is 314 g/mol. The van der Waals surface area contributed by atoms with Crippen molar-refractivity contribution in [2.45, 2.75) is 33.0 Å². The molecule has 0 aliphatic heterocycles. The summed E-state index contributed by atoms with van der Waals surface area (Å²) in [4.78, 5) is 10.8. The van der Waals surface area contributed by atoms with Gasteiger partial charge in [0.1, 0.15) is 18.1 Å². The van der Waals surface area contributed by atoms with Gasteiger partial charge in [-0.3, -0.25) is 4.79 Å². The smallest absolute Gasteiger partial charge is 0.306 e. The molecule has 2 aromatic carbocycles. The van der Waals surface area contributed by atoms with Crippen molar-refractivity contribution >= 4 is 5.97 Å². The number of rotatable bonds is 8. The van der Waals surface area contributed by atoms with E-state index < -0.39 is 11.9 Å². The summed E-state index contributed by atoms with van der Waals surface area (Å²) in [5, 5.41) is 8.91. The first kappa shape index (κ1) is 16.9. The fourth-order valence-electron chi connectivity index (χ4n) is 2.23. The second-order valence-corrected chi connectivity index (χ2v) is 5.65. The van der Waals surface area contributed by atoms with Crippen LogP contribution in [-0.4, -0.2) is 17.2 Å². The molecule has 1 N–H and O–H groups in total. The molecule has 2 aromatic rings. The van der Waals surface area contributed by atoms with Crippen molar-refractivity contribution < 1.29 is 19.4 Å². The standard InChI is InChI=1S/C19H22O4/c1-14(19(20)21)12-15(2)23-18-10-8-17(9-11-18)22-13-16-6-4-3-5-7-16/h3-11,14-15H,12-13H2,1-2H3,(H,20,21). The molecule has 122 valence electrons. The molecular formula is C19H22O4. The van der Waals surface area contributed by atoms with Crippen molar-refractivity contribution in [2.24, 2.45) is 5.92 Å². The van der Waals surface area contributed by atoms with Crippen LogP contribution in [0.3, 0.4) is 0 Å². The predicted molar refractivity (Wildman–Crippen MR) is 88.7 cm³/mol. The summed E-state index contributed by atoms with van der Waals surface area (Å²) in [6, 6.07) is 17.3. The van der Waals surface area contributed by atoms with Crippen LogP contribution in [0, 0.1) is 5.92 Å². The molecular weight excluding hydrogens is 292 g/mol. The largest absolute Gasteiger partial charge is 0.491 e. The molecule has 0 aliphatic rings. The fourth-order valence-corrected chi connectivity index (χ4v) is 2.23. The first-order valence-corrected chi connectivity index (χ1v) is 7.71. The Morgan fingerprint density at radius 1 is 1.00 bits per heavy atom. The molecule has 0 fully saturated rings. The van der Waals surface area contributed by atoms with Gasteiger partial charge in [-0.15, -0.1) is 0 Å². The third-order valence-electron chi connectivity index (χ3n) is 3.52. The Morgan fingerprint density at radius 3 is 2.22 bits per heavy atom. The zero-order valence-electron chi connectivity index (χ0n) is 13.4. The van der Waals surface area contributed by atoms with Gasteiger partial charge in [0.15, 0.2) is 0 Å². The van der Waals surface area contributed by atoms with E-state index in [9.17, 15) is 4.79 Å². The Kier molecular flexibility index (Phi) is 6.03. The van der Waals surface area contributed by atoms with E-state index in [1.54, 1.807) is 6.92 Å². The Labute approximate surface area is 136 Å². The number of hydrogen-bond acceptors (Lipinski definition) is 3. The van der Waals surface area contributed by atoms with E-state index in [2.05, 4.69) is 0 Å². The Morgan fingerprint density at radius 2 is 1.61 bits per heavy atom. The third kappa shape index (κ3) is 5.66. The van der Waals surface area contributed by atoms with Crippen LogP contribution in [0.4, 0.5) is 0 Å². The highest BCUT2D eigenvalue weighted by Gasteiger charge is 2.16. The molecule has 2 rings (SSSR count). The quantitative estimate of drug-likeness (QED) is 0.795. The lowest BCUT2D eigenvalue weighted by molar-refractivity contribution is -0.141. The van der Waals surface area contributed by atoms with E-state index in [-0.39, 0.29) is 6.10 Å². The van der Waals surface area contributed by atoms with E-state index >= 15 is 0 Å². The van der Waals surface area contributed by atoms with Crippen molar-refractivity contribution in [2.75, 3.05) is 0 Å². The Hall–Kier alpha value is -2.49. The number of carbonyl (C=O) groups is 1. The second-order valence-electron chi connectivity index (χ2n) is 5.65. The average Bonchev–Trinajstić information content (AvgIpc) is 2.55. The van der Waals surface area contributed by atoms with Crippen LogP contribution in [0.15, 0.2) is 54.6 Å². The molecule has 0 amide bonds. The molecule has 0 radical (unpaired) electrons. The fraction of sp³-hybridized carbons (Fsp3) is 0.316. The average molecular weight is 314 g/mol. The Balaban J connectivity index is 1.83. The summed E-state index contributed by atoms with van der Waals surface area (Å²) in [6.45, 7) is 4.08. The summed E-state index contributed by atoms with van der Waals surface area (Å²) < 4.78 is 11.4. The molecule has 0 aromatic heterocycles. The van der Waals surface area contributed by atoms with Crippen LogP contribution in [0.1, 0.15) is 25.8 Å². The number of carboxylic acids is 1. The van der Waals surface area contributed by atoms with Crippen molar-refractivity contribution in [1.82, 2.24) is 0 Å². The van der Waals surface area contributed by atoms with Gasteiger partial charge >= 0.3 is 5.97 Å². The number of carboxylic acid groups (broad SMARTS) is 1. The van der Waals surface area contributed by atoms with Crippen molar-refractivity contribution in [1.29, 1.82) is 0 Å². The van der Waals surface area contributed by atoms with Gasteiger partial charge in [-0.2, -0.15) is 0 Å². The van der Waals surface area contributed by atoms with E-state index in [0.29, 0.717) is 18.8 Å². The van der Waals surface area contributed by atoms with E-state index in [4.69, 9.17) is 14.6 Å². The van der Waals surface area contributed by atoms with E-state index in [0.717, 1.165) is 11.3 Å². The summed E-state index contributed by atoms with van der Waals surface area (Å²) in [5.74, 6) is 0.262. The van der Waals surface area contributed by atoms with E-state index in [1.807, 2.05) is 61.5 Å². The van der Waals surface area contributed by atoms with Crippen molar-refractivity contribution in [3.63, 3.8) is 0 Å². The van der Waals surface area contributed by atoms with Crippen LogP contribution < -0.4 is 9.47 Å². The molecule has 0 saturated heterocycles. The minimum absolute atomic E-state index is 0.155. The molecule has 4 heteroatoms. The summed E-state index contributed by atoms with van der Waals surface area (Å²) >= 11 is 0. The number of benzene rings is 2. The van der Waals surface area contributed by atoms with Gasteiger partial charge in [0.25, 0.3) is 0 Å². The molecule has 0 spiro atoms. The second kappa shape index (κ2) is 8.22. The van der Waals surface area contributed by atoms with Gasteiger partial charge in [-0.05, 0) is 43.2 Å². The number of hydrogen-bond donors (Lipinski definition) is 1. The lowest BCUT2D eigenvalue weighted by Crippen LogP contribution is -2.20. The zero-order valence-corrected chi connectivity index (χ0v) is 13.4. The van der Waals surface area contributed by atoms with Crippen LogP contribution >= 0.6 is 0 Å². The summed E-state index contributed by atoms with van der Waals surface area (Å²) in [6.07, 6.45) is 0.318. The topological polar surface area (TPSA) is 55.8 Å². The van der Waals surface area contributed by atoms with Crippen LogP contribution in [0.5, 0.6) is 11.5 Å². The number of aliphatic carboxylic acids is 1. The molecule has 2 unspecified atom stereocenters. The SMILES string of the molecule is CC(CC(C)C(=O)O)Oc1ccc(OCc2ccccc2)cc1. The van der Waals surface area contributed by atoms with Crippen LogP contribution in [0.2, 0.25) is 0 Å². The molecule has 0 saturated carbocycles. The first-order valence-electron chi connectivity index (χ1n) is 7.71. The van der Waals surface area contributed by atoms with E-state index in [1.165, 1.54) is 0 Å². The minimum atomic E-state index is -0.801. The first-order chi connectivity index (χ1) is 11.0. The molecule has 23 heavy (non-hydrogen) atoms. The van der Waals surface area contributed by atoms with Crippen LogP contribution in [0.25, 0.3) is 0 Å². The van der Waals surface area contributed by atoms with Gasteiger partial charge < -0.3 is 14.6 Å². The van der Waals surface area contributed by atoms with Gasteiger partial charge in [0.2, 0.25) is 0 Å². The summed E-state index contributed by atoms with van der Waals surface area (Å²) in [7, 11) is 0. The highest BCUT2D eigenvalue weighted by molar-refractivity contribution is 5.69. The van der Waals surface area contributed by atoms with Gasteiger partial charge in [0, 0.05) is 0 Å². The highest BCUT2D eigenvalue weighted by atomic mass is 16.5. The number of ether oxygens (including phenoxy) is 2. The molecule has 2 atom stereocenters. The Bertz CT molecular complexity index is 607. The normalized spacial score (nSPS) is 13.1. The van der Waals surface area contributed by atoms with Crippen molar-refractivity contribution in [3.05, 3.63) is 60.2 Å². The lowest BCUT2D eigenvalue weighted by atomic mass is 10.1. The third-order valence-corrected chi connectivity index (χ3v) is 3.52. The maximum atomic E-state index is 10.8. The molecule has 0 aliphatic carbocycles. The summed E-state index contributed by atoms with van der Waals surface area (Å²) in [5.41, 5.74) is 1.11. The highest BCUT2D eigenvalue weighted by Crippen LogP contribution is 2.21. The van der Waals surface area contributed by atoms with Crippen LogP contribution in [-0.2, 0) is 11.4 Å². The van der Waals surface area contributed by atoms with Crippen molar-refractivity contribution in [3.8, 4) is 11.5 Å². The van der Waals surface area contributed by atoms with Gasteiger partial charge in [-0.25, -0.2) is 0 Å². The predicted octanol–water partition coefficient (Wildman–Crippen LogP) is 4.14. The lowest BCUT2D eigenvalue weighted by Gasteiger charge is -2.17. The molecule has 4 nitrogen and oxygen atoms in total. The molecule has 0 bridgehead atoms. The van der Waals surface area contributed by atoms with Gasteiger partial charge in [-0.1, -0.05) is 37.3 Å². The van der Waals surface area contributed by atoms with Gasteiger partial charge in [0.05, 0.1) is 12.0 Å². The zero-order chi connectivity index (χ0) is 16.7. The maximum absolute atomic E-state index is 10.8. The molecule has 0 heterocycles. The minimum Gasteiger partial charge on any atom is -0.491 e.